The molecule has 146 valence electrons. The molecule has 1 aromatic carbocycles. The molecule has 2 aromatic rings. The van der Waals surface area contributed by atoms with Crippen molar-refractivity contribution in [2.45, 2.75) is 25.3 Å². The highest BCUT2D eigenvalue weighted by Crippen LogP contribution is 2.16. The number of hydrogen-bond acceptors (Lipinski definition) is 6. The Morgan fingerprint density at radius 3 is 2.33 bits per heavy atom. The minimum Gasteiger partial charge on any atom is -0.451 e. The maximum atomic E-state index is 12.4. The van der Waals surface area contributed by atoms with Crippen LogP contribution in [0.5, 0.6) is 0 Å². The van der Waals surface area contributed by atoms with E-state index in [9.17, 15) is 18.0 Å². The van der Waals surface area contributed by atoms with Gasteiger partial charge in [0.2, 0.25) is 10.0 Å². The summed E-state index contributed by atoms with van der Waals surface area (Å²) in [5.41, 5.74) is 0.742. The summed E-state index contributed by atoms with van der Waals surface area (Å²) in [6.07, 6.45) is 0. The predicted molar refractivity (Wildman–Crippen MR) is 103 cm³/mol. The van der Waals surface area contributed by atoms with E-state index in [2.05, 4.69) is 5.32 Å². The van der Waals surface area contributed by atoms with Crippen LogP contribution in [-0.2, 0) is 26.1 Å². The Bertz CT molecular complexity index is 858. The monoisotopic (exact) mass is 410 g/mol. The minimum atomic E-state index is -3.50. The van der Waals surface area contributed by atoms with E-state index in [0.29, 0.717) is 18.0 Å². The van der Waals surface area contributed by atoms with Crippen molar-refractivity contribution in [3.05, 3.63) is 52.2 Å². The summed E-state index contributed by atoms with van der Waals surface area (Å²) in [7, 11) is -3.50. The van der Waals surface area contributed by atoms with Gasteiger partial charge < -0.3 is 10.1 Å². The summed E-state index contributed by atoms with van der Waals surface area (Å²) < 4.78 is 31.2. The number of nitrogens with zero attached hydrogens (tertiary/aromatic N) is 1. The number of carbonyl (C=O) groups is 2. The van der Waals surface area contributed by atoms with Crippen LogP contribution in [0.3, 0.4) is 0 Å². The van der Waals surface area contributed by atoms with Gasteiger partial charge in [0.1, 0.15) is 4.88 Å². The predicted octanol–water partition coefficient (Wildman–Crippen LogP) is 2.25. The van der Waals surface area contributed by atoms with Crippen LogP contribution < -0.4 is 5.32 Å². The van der Waals surface area contributed by atoms with Gasteiger partial charge in [0.15, 0.2) is 6.61 Å². The molecular formula is C18H22N2O5S2. The third-order valence-corrected chi connectivity index (χ3v) is 6.73. The third-order valence-electron chi connectivity index (χ3n) is 3.81. The molecule has 1 N–H and O–H groups in total. The van der Waals surface area contributed by atoms with Crippen LogP contribution in [-0.4, -0.2) is 44.3 Å². The van der Waals surface area contributed by atoms with Crippen molar-refractivity contribution >= 4 is 33.2 Å². The van der Waals surface area contributed by atoms with Gasteiger partial charge in [0.05, 0.1) is 4.90 Å². The zero-order valence-electron chi connectivity index (χ0n) is 15.2. The van der Waals surface area contributed by atoms with Crippen LogP contribution >= 0.6 is 11.3 Å². The lowest BCUT2D eigenvalue weighted by Gasteiger charge is -2.18. The molecular weight excluding hydrogens is 388 g/mol. The largest absolute Gasteiger partial charge is 0.451 e. The fraction of sp³-hybridized carbons (Fsp3) is 0.333. The molecule has 0 saturated carbocycles. The highest BCUT2D eigenvalue weighted by Gasteiger charge is 2.21. The molecule has 1 aromatic heterocycles. The number of ether oxygens (including phenoxy) is 1. The first kappa shape index (κ1) is 21.1. The number of rotatable bonds is 9. The normalized spacial score (nSPS) is 11.4. The molecule has 0 fully saturated rings. The van der Waals surface area contributed by atoms with Crippen LogP contribution in [0, 0.1) is 0 Å². The molecule has 9 heteroatoms. The molecule has 0 aliphatic heterocycles. The summed E-state index contributed by atoms with van der Waals surface area (Å²) in [6.45, 7) is 4.22. The van der Waals surface area contributed by atoms with Crippen molar-refractivity contribution in [1.82, 2.24) is 9.62 Å². The van der Waals surface area contributed by atoms with Crippen molar-refractivity contribution in [2.75, 3.05) is 19.7 Å². The molecule has 7 nitrogen and oxygen atoms in total. The lowest BCUT2D eigenvalue weighted by Crippen LogP contribution is -2.30. The molecule has 1 amide bonds. The second kappa shape index (κ2) is 9.63. The molecule has 2 rings (SSSR count). The zero-order valence-corrected chi connectivity index (χ0v) is 16.8. The molecule has 1 heterocycles. The van der Waals surface area contributed by atoms with Gasteiger partial charge in [-0.2, -0.15) is 4.31 Å². The first-order valence-corrected chi connectivity index (χ1v) is 10.8. The van der Waals surface area contributed by atoms with E-state index in [1.807, 2.05) is 0 Å². The smallest absolute Gasteiger partial charge is 0.348 e. The minimum absolute atomic E-state index is 0.209. The van der Waals surface area contributed by atoms with Gasteiger partial charge in [-0.3, -0.25) is 4.79 Å². The number of benzene rings is 1. The Morgan fingerprint density at radius 1 is 1.11 bits per heavy atom. The Kier molecular flexibility index (Phi) is 7.52. The van der Waals surface area contributed by atoms with E-state index in [1.165, 1.54) is 27.8 Å². The average molecular weight is 411 g/mol. The second-order valence-corrected chi connectivity index (χ2v) is 8.45. The van der Waals surface area contributed by atoms with Gasteiger partial charge in [-0.25, -0.2) is 13.2 Å². The van der Waals surface area contributed by atoms with E-state index in [1.54, 1.807) is 43.5 Å². The summed E-state index contributed by atoms with van der Waals surface area (Å²) >= 11 is 1.24. The number of carbonyl (C=O) groups excluding carboxylic acids is 2. The van der Waals surface area contributed by atoms with E-state index in [0.717, 1.165) is 5.56 Å². The number of amides is 1. The van der Waals surface area contributed by atoms with Gasteiger partial charge in [-0.05, 0) is 29.1 Å². The average Bonchev–Trinajstić information content (AvgIpc) is 3.20. The molecule has 0 saturated heterocycles. The molecule has 0 bridgehead atoms. The van der Waals surface area contributed by atoms with Crippen LogP contribution in [0.4, 0.5) is 0 Å². The first-order valence-electron chi connectivity index (χ1n) is 8.44. The van der Waals surface area contributed by atoms with E-state index in [-0.39, 0.29) is 18.0 Å². The van der Waals surface area contributed by atoms with E-state index < -0.39 is 21.9 Å². The van der Waals surface area contributed by atoms with Crippen molar-refractivity contribution in [2.24, 2.45) is 0 Å². The SMILES string of the molecule is CCN(CC)S(=O)(=O)c1ccc(CNC(=O)COC(=O)c2cccs2)cc1. The standard InChI is InChI=1S/C18H22N2O5S2/c1-3-20(4-2)27(23,24)15-9-7-14(8-10-15)12-19-17(21)13-25-18(22)16-6-5-11-26-16/h5-11H,3-4,12-13H2,1-2H3,(H,19,21). The maximum absolute atomic E-state index is 12.4. The number of nitrogens with one attached hydrogen (secondary N) is 1. The molecule has 0 aliphatic carbocycles. The van der Waals surface area contributed by atoms with Gasteiger partial charge in [-0.15, -0.1) is 11.3 Å². The molecule has 27 heavy (non-hydrogen) atoms. The number of sulfonamides is 1. The van der Waals surface area contributed by atoms with Gasteiger partial charge in [0, 0.05) is 19.6 Å². The van der Waals surface area contributed by atoms with Crippen molar-refractivity contribution in [1.29, 1.82) is 0 Å². The third kappa shape index (κ3) is 5.62. The number of esters is 1. The van der Waals surface area contributed by atoms with Gasteiger partial charge in [-0.1, -0.05) is 32.0 Å². The molecule has 0 radical (unpaired) electrons. The van der Waals surface area contributed by atoms with Crippen molar-refractivity contribution in [3.63, 3.8) is 0 Å². The van der Waals surface area contributed by atoms with Gasteiger partial charge in [0.25, 0.3) is 5.91 Å². The molecule has 0 atom stereocenters. The summed E-state index contributed by atoms with van der Waals surface area (Å²) in [5.74, 6) is -0.967. The Balaban J connectivity index is 1.86. The lowest BCUT2D eigenvalue weighted by atomic mass is 10.2. The summed E-state index contributed by atoms with van der Waals surface area (Å²) in [6, 6.07) is 9.69. The van der Waals surface area contributed by atoms with E-state index in [4.69, 9.17) is 4.74 Å². The first-order chi connectivity index (χ1) is 12.9. The molecule has 0 spiro atoms. The number of hydrogen-bond donors (Lipinski definition) is 1. The summed E-state index contributed by atoms with van der Waals surface area (Å²) in [5, 5.41) is 4.38. The van der Waals surface area contributed by atoms with Crippen molar-refractivity contribution < 1.29 is 22.7 Å². The van der Waals surface area contributed by atoms with Crippen LogP contribution in [0.2, 0.25) is 0 Å². The fourth-order valence-electron chi connectivity index (χ4n) is 2.34. The fourth-order valence-corrected chi connectivity index (χ4v) is 4.41. The van der Waals surface area contributed by atoms with Crippen LogP contribution in [0.15, 0.2) is 46.7 Å². The highest BCUT2D eigenvalue weighted by atomic mass is 32.2. The maximum Gasteiger partial charge on any atom is 0.348 e. The Labute approximate surface area is 163 Å². The van der Waals surface area contributed by atoms with E-state index >= 15 is 0 Å². The van der Waals surface area contributed by atoms with Crippen molar-refractivity contribution in [3.8, 4) is 0 Å². The Morgan fingerprint density at radius 2 is 1.78 bits per heavy atom. The quantitative estimate of drug-likeness (QED) is 0.640. The van der Waals surface area contributed by atoms with Crippen LogP contribution in [0.1, 0.15) is 29.1 Å². The number of thiophene rings is 1. The molecule has 0 aliphatic rings. The highest BCUT2D eigenvalue weighted by molar-refractivity contribution is 7.89. The summed E-state index contributed by atoms with van der Waals surface area (Å²) in [4.78, 5) is 24.1. The Hall–Kier alpha value is -2.23. The zero-order chi connectivity index (χ0) is 19.9. The lowest BCUT2D eigenvalue weighted by molar-refractivity contribution is -0.124. The van der Waals surface area contributed by atoms with Gasteiger partial charge >= 0.3 is 5.97 Å². The molecule has 0 unspecified atom stereocenters. The topological polar surface area (TPSA) is 92.8 Å². The van der Waals surface area contributed by atoms with Crippen LogP contribution in [0.25, 0.3) is 0 Å². The second-order valence-electron chi connectivity index (χ2n) is 5.56.